The highest BCUT2D eigenvalue weighted by atomic mass is 19.4. The van der Waals surface area contributed by atoms with Gasteiger partial charge in [-0.3, -0.25) is 43.6 Å². The molecule has 5 aliphatic rings. The highest BCUT2D eigenvalue weighted by molar-refractivity contribution is 5.97. The summed E-state index contributed by atoms with van der Waals surface area (Å²) in [6, 6.07) is 7.56. The lowest BCUT2D eigenvalue weighted by atomic mass is 9.77. The highest BCUT2D eigenvalue weighted by Crippen LogP contribution is 2.55. The summed E-state index contributed by atoms with van der Waals surface area (Å²) >= 11 is 0. The molecule has 80 heavy (non-hydrogen) atoms. The maximum atomic E-state index is 15.7. The molecule has 24 heteroatoms. The van der Waals surface area contributed by atoms with Crippen LogP contribution in [0.2, 0.25) is 0 Å². The molecule has 5 heterocycles. The summed E-state index contributed by atoms with van der Waals surface area (Å²) in [5, 5.41) is 8.51. The van der Waals surface area contributed by atoms with Gasteiger partial charge in [-0.1, -0.05) is 19.1 Å². The Labute approximate surface area is 461 Å². The Bertz CT molecular complexity index is 2670. The average Bonchev–Trinajstić information content (AvgIpc) is 4.05. The van der Waals surface area contributed by atoms with Gasteiger partial charge in [-0.05, 0) is 94.5 Å². The number of benzene rings is 1. The second kappa shape index (κ2) is 26.5. The van der Waals surface area contributed by atoms with Crippen molar-refractivity contribution in [2.45, 2.75) is 133 Å². The number of carbonyl (C=O) groups is 6. The van der Waals surface area contributed by atoms with Gasteiger partial charge in [-0.2, -0.15) is 17.6 Å². The lowest BCUT2D eigenvalue weighted by molar-refractivity contribution is -0.272. The van der Waals surface area contributed by atoms with Crippen molar-refractivity contribution in [2.75, 3.05) is 71.5 Å². The van der Waals surface area contributed by atoms with Crippen LogP contribution in [0.4, 0.5) is 27.6 Å². The van der Waals surface area contributed by atoms with Crippen molar-refractivity contribution < 1.29 is 69.7 Å². The zero-order chi connectivity index (χ0) is 57.3. The average molecular weight is 1130 g/mol. The van der Waals surface area contributed by atoms with E-state index >= 15 is 4.39 Å². The van der Waals surface area contributed by atoms with Crippen molar-refractivity contribution in [3.05, 3.63) is 83.4 Å². The summed E-state index contributed by atoms with van der Waals surface area (Å²) in [5.41, 5.74) is 2.81. The van der Waals surface area contributed by atoms with E-state index in [1.54, 1.807) is 35.3 Å². The summed E-state index contributed by atoms with van der Waals surface area (Å²) in [4.78, 5) is 90.8. The van der Waals surface area contributed by atoms with Crippen LogP contribution in [-0.2, 0) is 38.2 Å². The number of carbonyl (C=O) groups excluding carboxylic acids is 6. The third kappa shape index (κ3) is 14.2. The van der Waals surface area contributed by atoms with Gasteiger partial charge in [0.2, 0.25) is 29.4 Å². The first-order chi connectivity index (χ1) is 38.2. The van der Waals surface area contributed by atoms with Crippen LogP contribution in [0.25, 0.3) is 0 Å². The van der Waals surface area contributed by atoms with Crippen LogP contribution in [-0.4, -0.2) is 162 Å². The molecule has 6 atom stereocenters. The van der Waals surface area contributed by atoms with Crippen molar-refractivity contribution in [1.82, 2.24) is 35.3 Å². The van der Waals surface area contributed by atoms with Crippen molar-refractivity contribution in [2.24, 2.45) is 23.5 Å². The van der Waals surface area contributed by atoms with Gasteiger partial charge in [0, 0.05) is 119 Å². The second-order valence-electron chi connectivity index (χ2n) is 21.7. The number of nitrogens with zero attached hydrogens (tertiary/aromatic N) is 5. The molecule has 5 fully saturated rings. The summed E-state index contributed by atoms with van der Waals surface area (Å²) in [5.74, 6) is -9.27. The smallest absolute Gasteiger partial charge is 0.417 e. The molecule has 0 bridgehead atoms. The van der Waals surface area contributed by atoms with Gasteiger partial charge in [0.25, 0.3) is 11.8 Å². The van der Waals surface area contributed by atoms with Crippen LogP contribution in [0.3, 0.4) is 0 Å². The Kier molecular flexibility index (Phi) is 19.8. The normalized spacial score (nSPS) is 27.4. The van der Waals surface area contributed by atoms with Gasteiger partial charge >= 0.3 is 6.18 Å². The van der Waals surface area contributed by atoms with E-state index in [1.807, 2.05) is 11.0 Å². The summed E-state index contributed by atoms with van der Waals surface area (Å²) in [6.07, 6.45) is 4.83. The van der Waals surface area contributed by atoms with Crippen molar-refractivity contribution in [3.8, 4) is 5.75 Å². The monoisotopic (exact) mass is 1130 g/mol. The number of rotatable bonds is 21. The molecule has 3 saturated heterocycles. The van der Waals surface area contributed by atoms with E-state index in [9.17, 15) is 46.3 Å². The highest BCUT2D eigenvalue weighted by Gasteiger charge is 2.66. The number of alkyl halides is 3. The number of halogens is 5. The Balaban J connectivity index is 0.702. The fourth-order valence-corrected chi connectivity index (χ4v) is 11.8. The van der Waals surface area contributed by atoms with Gasteiger partial charge in [-0.15, -0.1) is 0 Å². The molecule has 8 rings (SSSR count). The molecule has 6 amide bonds. The van der Waals surface area contributed by atoms with Crippen LogP contribution < -0.4 is 26.4 Å². The largest absolute Gasteiger partial charge is 0.489 e. The van der Waals surface area contributed by atoms with Crippen LogP contribution in [0, 0.1) is 29.4 Å². The molecule has 2 saturated carbocycles. The minimum absolute atomic E-state index is 0.00947. The Morgan fingerprint density at radius 3 is 2.25 bits per heavy atom. The quantitative estimate of drug-likeness (QED) is 0.0753. The molecule has 19 nitrogen and oxygen atoms in total. The Morgan fingerprint density at radius 2 is 1.59 bits per heavy atom. The molecular weight excluding hydrogens is 1050 g/mol. The third-order valence-electron chi connectivity index (χ3n) is 16.7. The van der Waals surface area contributed by atoms with E-state index in [4.69, 9.17) is 24.7 Å². The number of likely N-dealkylation sites (tertiary alicyclic amines) is 1. The van der Waals surface area contributed by atoms with Crippen LogP contribution in [0.15, 0.2) is 55.0 Å². The van der Waals surface area contributed by atoms with Gasteiger partial charge in [0.05, 0.1) is 30.8 Å². The molecule has 3 aromatic rings. The predicted octanol–water partition coefficient (Wildman–Crippen LogP) is 5.59. The molecule has 0 spiro atoms. The standard InChI is InChI=1S/C56H72F5N9O10/c1-33-46(50(80-55(33,2)56(59,60)61)53(75)67-37-18-20-64-43(30-37)51(62)73)40-16-17-42(57)47(58)49(40)79-29-26-69-22-24-70(25-23-69)54(76)34-8-10-36(11-9-34)66-44(71)7-5-27-77-38-12-14-39(15-13-38)78-28-21-65-52(74)41-31-45(72)68(3)48(41)35-6-4-19-63-32-35/h4,6,16-20,30,32-34,36,38-39,41,46,48,50H,5,7-15,21-29,31H2,1-3H3,(H2,62,73)(H,65,74)(H,66,71)(H,64,67,75)/t33-,34?,36?,38?,39?,41-,46?,48+,50+,55+/m0/s1. The number of nitrogens with one attached hydrogen (secondary N) is 3. The number of anilines is 1. The lowest BCUT2D eigenvalue weighted by Gasteiger charge is -2.38. The Hall–Kier alpha value is -6.37. The van der Waals surface area contributed by atoms with E-state index in [0.717, 1.165) is 56.4 Å². The number of ether oxygens (including phenoxy) is 4. The number of aromatic nitrogens is 2. The third-order valence-corrected chi connectivity index (χ3v) is 16.7. The second-order valence-corrected chi connectivity index (χ2v) is 21.7. The zero-order valence-electron chi connectivity index (χ0n) is 45.3. The van der Waals surface area contributed by atoms with E-state index < -0.39 is 64.8 Å². The van der Waals surface area contributed by atoms with Gasteiger partial charge < -0.3 is 50.4 Å². The molecule has 1 unspecified atom stereocenters. The number of piperazine rings is 1. The van der Waals surface area contributed by atoms with Crippen LogP contribution >= 0.6 is 0 Å². The van der Waals surface area contributed by atoms with Crippen LogP contribution in [0.1, 0.15) is 118 Å². The van der Waals surface area contributed by atoms with Crippen molar-refractivity contribution in [3.63, 3.8) is 0 Å². The molecular formula is C56H72F5N9O10. The van der Waals surface area contributed by atoms with Gasteiger partial charge in [0.1, 0.15) is 18.4 Å². The van der Waals surface area contributed by atoms with Crippen molar-refractivity contribution in [1.29, 1.82) is 0 Å². The molecule has 0 radical (unpaired) electrons. The lowest BCUT2D eigenvalue weighted by Crippen LogP contribution is -2.51. The minimum Gasteiger partial charge on any atom is -0.489 e. The molecule has 3 aliphatic heterocycles. The Morgan fingerprint density at radius 1 is 0.887 bits per heavy atom. The predicted molar refractivity (Wildman–Crippen MR) is 279 cm³/mol. The molecule has 436 valence electrons. The zero-order valence-corrected chi connectivity index (χ0v) is 45.3. The van der Waals surface area contributed by atoms with E-state index in [2.05, 4.69) is 25.9 Å². The first-order valence-electron chi connectivity index (χ1n) is 27.6. The number of amides is 6. The van der Waals surface area contributed by atoms with Gasteiger partial charge in [0.15, 0.2) is 17.2 Å². The number of hydrogen-bond acceptors (Lipinski definition) is 13. The summed E-state index contributed by atoms with van der Waals surface area (Å²) < 4.78 is 97.9. The van der Waals surface area contributed by atoms with Crippen LogP contribution in [0.5, 0.6) is 5.75 Å². The first kappa shape index (κ1) is 59.7. The SMILES string of the molecule is C[C@H]1C(c2ccc(F)c(F)c2OCCN2CCN(C(=O)C3CCC(NC(=O)CCCOC4CCC(OCCNC(=O)[C@H]5CC(=O)N(C)[C@@H]5c5cccnc5)CC4)CC3)CC2)[C@H](C(=O)Nc2ccnc(C(N)=O)c2)O[C@@]1(C)C(F)(F)F. The summed E-state index contributed by atoms with van der Waals surface area (Å²) in [7, 11) is 1.71. The topological polar surface area (TPSA) is 237 Å². The molecule has 2 aromatic heterocycles. The molecule has 5 N–H and O–H groups in total. The molecule has 1 aromatic carbocycles. The van der Waals surface area contributed by atoms with Crippen molar-refractivity contribution >= 4 is 41.1 Å². The fraction of sp³-hybridized carbons (Fsp3) is 0.607. The molecule has 2 aliphatic carbocycles. The van der Waals surface area contributed by atoms with E-state index in [1.165, 1.54) is 19.2 Å². The number of primary amides is 1. The number of hydrogen-bond donors (Lipinski definition) is 4. The maximum Gasteiger partial charge on any atom is 0.417 e. The number of nitrogens with two attached hydrogens (primary N) is 1. The van der Waals surface area contributed by atoms with E-state index in [-0.39, 0.29) is 90.4 Å². The summed E-state index contributed by atoms with van der Waals surface area (Å²) in [6.45, 7) is 4.91. The maximum absolute atomic E-state index is 15.7. The first-order valence-corrected chi connectivity index (χ1v) is 27.6. The van der Waals surface area contributed by atoms with E-state index in [0.29, 0.717) is 84.5 Å². The van der Waals surface area contributed by atoms with Gasteiger partial charge in [-0.25, -0.2) is 4.39 Å². The minimum atomic E-state index is -4.98. The number of pyridine rings is 2. The fourth-order valence-electron chi connectivity index (χ4n) is 11.8.